The van der Waals surface area contributed by atoms with Crippen LogP contribution in [0.5, 0.6) is 0 Å². The van der Waals surface area contributed by atoms with E-state index in [0.29, 0.717) is 28.4 Å². The summed E-state index contributed by atoms with van der Waals surface area (Å²) in [5.74, 6) is 0.425. The number of sulfonamides is 1. The number of nitrogens with one attached hydrogen (secondary N) is 1. The fourth-order valence-corrected chi connectivity index (χ4v) is 4.26. The quantitative estimate of drug-likeness (QED) is 0.928. The third kappa shape index (κ3) is 3.12. The van der Waals surface area contributed by atoms with Gasteiger partial charge in [-0.3, -0.25) is 9.71 Å². The molecule has 1 aliphatic rings. The third-order valence-corrected chi connectivity index (χ3v) is 5.72. The standard InChI is InChI=1S/C19H20N2O2S/c1-13-8-10-16(11-9-13)18-15(3)19(21-24(18,22)23)20-12-17-7-5-4-6-14(17)2/h4-11H,12H2,1-3H3,(H,20,21). The molecule has 2 aromatic carbocycles. The van der Waals surface area contributed by atoms with Crippen molar-refractivity contribution in [3.8, 4) is 0 Å². The van der Waals surface area contributed by atoms with E-state index >= 15 is 0 Å². The van der Waals surface area contributed by atoms with Crippen LogP contribution in [0.2, 0.25) is 0 Å². The van der Waals surface area contributed by atoms with Gasteiger partial charge in [0.05, 0.1) is 6.54 Å². The smallest absolute Gasteiger partial charge is 0.263 e. The Labute approximate surface area is 143 Å². The van der Waals surface area contributed by atoms with Crippen LogP contribution in [0.4, 0.5) is 0 Å². The second-order valence-corrected chi connectivity index (χ2v) is 7.64. The summed E-state index contributed by atoms with van der Waals surface area (Å²) in [5, 5.41) is 0. The number of aryl methyl sites for hydroxylation is 2. The van der Waals surface area contributed by atoms with E-state index < -0.39 is 10.0 Å². The lowest BCUT2D eigenvalue weighted by Gasteiger charge is -2.03. The molecule has 0 saturated carbocycles. The first-order valence-electron chi connectivity index (χ1n) is 7.78. The molecule has 1 heterocycles. The van der Waals surface area contributed by atoms with Crippen molar-refractivity contribution < 1.29 is 8.42 Å². The fourth-order valence-electron chi connectivity index (χ4n) is 2.74. The predicted molar refractivity (Wildman–Crippen MR) is 98.1 cm³/mol. The van der Waals surface area contributed by atoms with Gasteiger partial charge in [0, 0.05) is 5.57 Å². The minimum Gasteiger partial charge on any atom is -0.263 e. The molecule has 1 N–H and O–H groups in total. The number of amidine groups is 1. The molecule has 0 saturated heterocycles. The number of hydrogen-bond donors (Lipinski definition) is 1. The molecule has 0 radical (unpaired) electrons. The van der Waals surface area contributed by atoms with Gasteiger partial charge in [-0.1, -0.05) is 54.1 Å². The zero-order valence-corrected chi connectivity index (χ0v) is 14.8. The van der Waals surface area contributed by atoms with Crippen molar-refractivity contribution in [2.45, 2.75) is 27.3 Å². The van der Waals surface area contributed by atoms with Crippen LogP contribution in [0.3, 0.4) is 0 Å². The molecule has 3 rings (SSSR count). The minimum absolute atomic E-state index is 0.311. The molecule has 0 bridgehead atoms. The van der Waals surface area contributed by atoms with Gasteiger partial charge in [-0.05, 0) is 37.5 Å². The van der Waals surface area contributed by atoms with Crippen LogP contribution in [-0.2, 0) is 16.6 Å². The van der Waals surface area contributed by atoms with Crippen molar-refractivity contribution in [3.05, 3.63) is 76.4 Å². The molecular weight excluding hydrogens is 320 g/mol. The van der Waals surface area contributed by atoms with Gasteiger partial charge in [-0.25, -0.2) is 8.42 Å². The zero-order valence-electron chi connectivity index (χ0n) is 14.0. The van der Waals surface area contributed by atoms with Crippen LogP contribution in [0.1, 0.15) is 29.2 Å². The van der Waals surface area contributed by atoms with Crippen molar-refractivity contribution in [2.24, 2.45) is 4.99 Å². The van der Waals surface area contributed by atoms with E-state index in [1.807, 2.05) is 62.4 Å². The fraction of sp³-hybridized carbons (Fsp3) is 0.211. The molecule has 0 aromatic heterocycles. The monoisotopic (exact) mass is 340 g/mol. The molecule has 0 spiro atoms. The highest BCUT2D eigenvalue weighted by atomic mass is 32.2. The van der Waals surface area contributed by atoms with E-state index in [0.717, 1.165) is 16.7 Å². The molecule has 2 aromatic rings. The van der Waals surface area contributed by atoms with Crippen LogP contribution in [0, 0.1) is 13.8 Å². The van der Waals surface area contributed by atoms with Gasteiger partial charge in [0.25, 0.3) is 10.0 Å². The topological polar surface area (TPSA) is 58.5 Å². The number of aliphatic imine (C=N–C) groups is 1. The highest BCUT2D eigenvalue weighted by Crippen LogP contribution is 2.30. The second-order valence-electron chi connectivity index (χ2n) is 6.02. The van der Waals surface area contributed by atoms with Crippen molar-refractivity contribution in [1.29, 1.82) is 0 Å². The summed E-state index contributed by atoms with van der Waals surface area (Å²) in [4.78, 5) is 4.80. The van der Waals surface area contributed by atoms with Gasteiger partial charge in [0.1, 0.15) is 10.7 Å². The third-order valence-electron chi connectivity index (χ3n) is 4.18. The summed E-state index contributed by atoms with van der Waals surface area (Å²) >= 11 is 0. The van der Waals surface area contributed by atoms with Gasteiger partial charge in [0.15, 0.2) is 0 Å². The molecule has 0 fully saturated rings. The lowest BCUT2D eigenvalue weighted by atomic mass is 10.1. The average molecular weight is 340 g/mol. The van der Waals surface area contributed by atoms with Crippen LogP contribution in [0.15, 0.2) is 59.1 Å². The van der Waals surface area contributed by atoms with Crippen molar-refractivity contribution in [2.75, 3.05) is 0 Å². The maximum absolute atomic E-state index is 12.5. The normalized spacial score (nSPS) is 18.0. The van der Waals surface area contributed by atoms with E-state index in [-0.39, 0.29) is 0 Å². The molecule has 0 unspecified atom stereocenters. The first-order chi connectivity index (χ1) is 11.4. The van der Waals surface area contributed by atoms with Crippen LogP contribution >= 0.6 is 0 Å². The Morgan fingerprint density at radius 3 is 2.29 bits per heavy atom. The lowest BCUT2D eigenvalue weighted by Crippen LogP contribution is -2.23. The molecule has 4 nitrogen and oxygen atoms in total. The molecule has 5 heteroatoms. The minimum atomic E-state index is -3.57. The summed E-state index contributed by atoms with van der Waals surface area (Å²) < 4.78 is 27.6. The van der Waals surface area contributed by atoms with E-state index in [2.05, 4.69) is 9.71 Å². The molecule has 24 heavy (non-hydrogen) atoms. The van der Waals surface area contributed by atoms with Gasteiger partial charge < -0.3 is 0 Å². The maximum Gasteiger partial charge on any atom is 0.264 e. The number of hydrogen-bond acceptors (Lipinski definition) is 3. The summed E-state index contributed by atoms with van der Waals surface area (Å²) in [6.07, 6.45) is 0. The van der Waals surface area contributed by atoms with Gasteiger partial charge >= 0.3 is 0 Å². The molecule has 0 amide bonds. The zero-order chi connectivity index (χ0) is 17.3. The summed E-state index contributed by atoms with van der Waals surface area (Å²) in [7, 11) is -3.57. The highest BCUT2D eigenvalue weighted by Gasteiger charge is 2.32. The second kappa shape index (κ2) is 6.24. The summed E-state index contributed by atoms with van der Waals surface area (Å²) in [5.41, 5.74) is 4.66. The van der Waals surface area contributed by atoms with E-state index in [1.165, 1.54) is 0 Å². The number of rotatable bonds is 3. The average Bonchev–Trinajstić information content (AvgIpc) is 2.77. The largest absolute Gasteiger partial charge is 0.264 e. The first kappa shape index (κ1) is 16.5. The summed E-state index contributed by atoms with van der Waals surface area (Å²) in [6, 6.07) is 15.4. The number of nitrogens with zero attached hydrogens (tertiary/aromatic N) is 1. The Morgan fingerprint density at radius 2 is 1.62 bits per heavy atom. The SMILES string of the molecule is CC1=C(c2ccc(C)cc2)S(=O)(=O)NC1=NCc1ccccc1C. The molecule has 124 valence electrons. The Morgan fingerprint density at radius 1 is 0.958 bits per heavy atom. The summed E-state index contributed by atoms with van der Waals surface area (Å²) in [6.45, 7) is 6.24. The van der Waals surface area contributed by atoms with Crippen LogP contribution in [0.25, 0.3) is 4.91 Å². The predicted octanol–water partition coefficient (Wildman–Crippen LogP) is 3.57. The Bertz CT molecular complexity index is 940. The highest BCUT2D eigenvalue weighted by molar-refractivity contribution is 8.00. The van der Waals surface area contributed by atoms with E-state index in [4.69, 9.17) is 0 Å². The maximum atomic E-state index is 12.5. The van der Waals surface area contributed by atoms with Crippen molar-refractivity contribution in [3.63, 3.8) is 0 Å². The van der Waals surface area contributed by atoms with Crippen molar-refractivity contribution >= 4 is 20.8 Å². The molecular formula is C19H20N2O2S. The molecule has 0 aliphatic carbocycles. The van der Waals surface area contributed by atoms with E-state index in [9.17, 15) is 8.42 Å². The van der Waals surface area contributed by atoms with Gasteiger partial charge in [-0.2, -0.15) is 0 Å². The Kier molecular flexibility index (Phi) is 4.28. The van der Waals surface area contributed by atoms with Crippen LogP contribution < -0.4 is 4.72 Å². The molecule has 1 aliphatic heterocycles. The Hall–Kier alpha value is -2.40. The van der Waals surface area contributed by atoms with Crippen molar-refractivity contribution in [1.82, 2.24) is 4.72 Å². The van der Waals surface area contributed by atoms with Gasteiger partial charge in [0.2, 0.25) is 0 Å². The Balaban J connectivity index is 1.98. The lowest BCUT2D eigenvalue weighted by molar-refractivity contribution is 0.603. The van der Waals surface area contributed by atoms with Crippen LogP contribution in [-0.4, -0.2) is 14.3 Å². The molecule has 0 atom stereocenters. The first-order valence-corrected chi connectivity index (χ1v) is 9.27. The number of benzene rings is 2. The van der Waals surface area contributed by atoms with E-state index in [1.54, 1.807) is 6.92 Å². The van der Waals surface area contributed by atoms with Gasteiger partial charge in [-0.15, -0.1) is 0 Å².